The first-order valence-corrected chi connectivity index (χ1v) is 6.29. The molecule has 0 saturated carbocycles. The second kappa shape index (κ2) is 3.99. The predicted octanol–water partition coefficient (Wildman–Crippen LogP) is 3.69. The van der Waals surface area contributed by atoms with Crippen molar-refractivity contribution in [3.05, 3.63) is 40.6 Å². The van der Waals surface area contributed by atoms with Gasteiger partial charge in [-0.05, 0) is 29.6 Å². The SMILES string of the molecule is Nc1nc2cc(C(F)(F)F)ccc2n1-c1ccsc1. The molecule has 2 N–H and O–H groups in total. The van der Waals surface area contributed by atoms with E-state index < -0.39 is 11.7 Å². The van der Waals surface area contributed by atoms with Gasteiger partial charge in [-0.2, -0.15) is 24.5 Å². The highest BCUT2D eigenvalue weighted by atomic mass is 32.1. The lowest BCUT2D eigenvalue weighted by atomic mass is 10.2. The second-order valence-electron chi connectivity index (χ2n) is 3.99. The molecule has 0 unspecified atom stereocenters. The molecule has 3 nitrogen and oxygen atoms in total. The first-order chi connectivity index (χ1) is 8.97. The zero-order chi connectivity index (χ0) is 13.6. The molecule has 0 saturated heterocycles. The van der Waals surface area contributed by atoms with Gasteiger partial charge in [-0.1, -0.05) is 0 Å². The van der Waals surface area contributed by atoms with E-state index in [0.29, 0.717) is 5.52 Å². The summed E-state index contributed by atoms with van der Waals surface area (Å²) in [6, 6.07) is 5.26. The van der Waals surface area contributed by atoms with Crippen molar-refractivity contribution in [2.75, 3.05) is 5.73 Å². The van der Waals surface area contributed by atoms with E-state index >= 15 is 0 Å². The Morgan fingerprint density at radius 3 is 2.63 bits per heavy atom. The number of fused-ring (bicyclic) bond motifs is 1. The minimum Gasteiger partial charge on any atom is -0.369 e. The van der Waals surface area contributed by atoms with Crippen LogP contribution in [0.25, 0.3) is 16.7 Å². The Bertz CT molecular complexity index is 729. The van der Waals surface area contributed by atoms with Crippen LogP contribution in [0.15, 0.2) is 35.0 Å². The van der Waals surface area contributed by atoms with Crippen molar-refractivity contribution in [3.63, 3.8) is 0 Å². The van der Waals surface area contributed by atoms with Gasteiger partial charge >= 0.3 is 6.18 Å². The van der Waals surface area contributed by atoms with Gasteiger partial charge in [-0.25, -0.2) is 4.98 Å². The van der Waals surface area contributed by atoms with Crippen LogP contribution in [0.1, 0.15) is 5.56 Å². The second-order valence-corrected chi connectivity index (χ2v) is 4.77. The van der Waals surface area contributed by atoms with E-state index in [-0.39, 0.29) is 11.5 Å². The Hall–Kier alpha value is -2.02. The summed E-state index contributed by atoms with van der Waals surface area (Å²) in [5, 5.41) is 3.72. The Labute approximate surface area is 110 Å². The van der Waals surface area contributed by atoms with Gasteiger partial charge in [0.15, 0.2) is 0 Å². The first kappa shape index (κ1) is 12.0. The summed E-state index contributed by atoms with van der Waals surface area (Å²) in [5.41, 5.74) is 6.64. The molecule has 2 aromatic heterocycles. The van der Waals surface area contributed by atoms with Crippen LogP contribution >= 0.6 is 11.3 Å². The summed E-state index contributed by atoms with van der Waals surface area (Å²) in [4.78, 5) is 3.99. The van der Waals surface area contributed by atoms with Crippen LogP contribution in [0.4, 0.5) is 19.1 Å². The van der Waals surface area contributed by atoms with Crippen LogP contribution in [0.2, 0.25) is 0 Å². The molecule has 0 bridgehead atoms. The fourth-order valence-electron chi connectivity index (χ4n) is 1.93. The lowest BCUT2D eigenvalue weighted by Gasteiger charge is -2.06. The molecule has 0 radical (unpaired) electrons. The number of nitrogens with zero attached hydrogens (tertiary/aromatic N) is 2. The molecule has 0 atom stereocenters. The zero-order valence-corrected chi connectivity index (χ0v) is 10.3. The maximum atomic E-state index is 12.6. The third-order valence-electron chi connectivity index (χ3n) is 2.77. The highest BCUT2D eigenvalue weighted by molar-refractivity contribution is 7.08. The number of halogens is 3. The van der Waals surface area contributed by atoms with Crippen molar-refractivity contribution in [2.45, 2.75) is 6.18 Å². The number of hydrogen-bond donors (Lipinski definition) is 1. The number of aromatic nitrogens is 2. The highest BCUT2D eigenvalue weighted by Crippen LogP contribution is 2.32. The molecule has 1 aromatic carbocycles. The third kappa shape index (κ3) is 1.95. The molecule has 3 rings (SSSR count). The quantitative estimate of drug-likeness (QED) is 0.740. The summed E-state index contributed by atoms with van der Waals surface area (Å²) >= 11 is 1.48. The largest absolute Gasteiger partial charge is 0.416 e. The number of nitrogens with two attached hydrogens (primary N) is 1. The van der Waals surface area contributed by atoms with Crippen LogP contribution in [0.3, 0.4) is 0 Å². The molecule has 0 fully saturated rings. The number of rotatable bonds is 1. The fourth-order valence-corrected chi connectivity index (χ4v) is 2.55. The summed E-state index contributed by atoms with van der Waals surface area (Å²) in [6.07, 6.45) is -4.38. The smallest absolute Gasteiger partial charge is 0.369 e. The number of hydrogen-bond acceptors (Lipinski definition) is 3. The molecule has 0 aliphatic heterocycles. The third-order valence-corrected chi connectivity index (χ3v) is 3.44. The van der Waals surface area contributed by atoms with Crippen molar-refractivity contribution in [1.29, 1.82) is 0 Å². The Morgan fingerprint density at radius 1 is 1.21 bits per heavy atom. The van der Waals surface area contributed by atoms with Gasteiger partial charge in [0.1, 0.15) is 0 Å². The Morgan fingerprint density at radius 2 is 2.00 bits per heavy atom. The number of benzene rings is 1. The van der Waals surface area contributed by atoms with Gasteiger partial charge in [-0.15, -0.1) is 0 Å². The van der Waals surface area contributed by atoms with E-state index in [9.17, 15) is 13.2 Å². The average molecular weight is 283 g/mol. The van der Waals surface area contributed by atoms with E-state index in [1.165, 1.54) is 17.4 Å². The van der Waals surface area contributed by atoms with Gasteiger partial charge in [-0.3, -0.25) is 4.57 Å². The van der Waals surface area contributed by atoms with Crippen LogP contribution in [0, 0.1) is 0 Å². The van der Waals surface area contributed by atoms with E-state index in [0.717, 1.165) is 17.8 Å². The summed E-state index contributed by atoms with van der Waals surface area (Å²) < 4.78 is 39.5. The van der Waals surface area contributed by atoms with Crippen molar-refractivity contribution in [2.24, 2.45) is 0 Å². The molecule has 7 heteroatoms. The maximum Gasteiger partial charge on any atom is 0.416 e. The molecular formula is C12H8F3N3S. The van der Waals surface area contributed by atoms with Crippen LogP contribution in [0.5, 0.6) is 0 Å². The van der Waals surface area contributed by atoms with Gasteiger partial charge in [0.2, 0.25) is 5.95 Å². The molecule has 2 heterocycles. The van der Waals surface area contributed by atoms with Gasteiger partial charge in [0.25, 0.3) is 0 Å². The lowest BCUT2D eigenvalue weighted by molar-refractivity contribution is -0.137. The zero-order valence-electron chi connectivity index (χ0n) is 9.48. The summed E-state index contributed by atoms with van der Waals surface area (Å²) in [6.45, 7) is 0. The molecular weight excluding hydrogens is 275 g/mol. The maximum absolute atomic E-state index is 12.6. The van der Waals surface area contributed by atoms with Gasteiger partial charge in [0, 0.05) is 5.38 Å². The number of nitrogen functional groups attached to an aromatic ring is 1. The van der Waals surface area contributed by atoms with E-state index in [4.69, 9.17) is 5.73 Å². The van der Waals surface area contributed by atoms with Crippen molar-refractivity contribution < 1.29 is 13.2 Å². The van der Waals surface area contributed by atoms with Crippen molar-refractivity contribution in [1.82, 2.24) is 9.55 Å². The van der Waals surface area contributed by atoms with Gasteiger partial charge < -0.3 is 5.73 Å². The molecule has 0 aliphatic rings. The van der Waals surface area contributed by atoms with Crippen LogP contribution in [-0.4, -0.2) is 9.55 Å². The molecule has 0 aliphatic carbocycles. The average Bonchev–Trinajstić information content (AvgIpc) is 2.92. The first-order valence-electron chi connectivity index (χ1n) is 5.34. The minimum absolute atomic E-state index is 0.174. The molecule has 0 spiro atoms. The number of imidazole rings is 1. The molecule has 19 heavy (non-hydrogen) atoms. The van der Waals surface area contributed by atoms with E-state index in [1.807, 2.05) is 16.8 Å². The fraction of sp³-hybridized carbons (Fsp3) is 0.0833. The molecule has 98 valence electrons. The summed E-state index contributed by atoms with van der Waals surface area (Å²) in [5.74, 6) is 0.174. The Balaban J connectivity index is 2.24. The van der Waals surface area contributed by atoms with Crippen molar-refractivity contribution in [3.8, 4) is 5.69 Å². The van der Waals surface area contributed by atoms with Crippen LogP contribution in [-0.2, 0) is 6.18 Å². The molecule has 0 amide bonds. The minimum atomic E-state index is -4.38. The topological polar surface area (TPSA) is 43.8 Å². The summed E-state index contributed by atoms with van der Waals surface area (Å²) in [7, 11) is 0. The monoisotopic (exact) mass is 283 g/mol. The number of anilines is 1. The van der Waals surface area contributed by atoms with Crippen LogP contribution < -0.4 is 5.73 Å². The molecule has 3 aromatic rings. The van der Waals surface area contributed by atoms with Crippen molar-refractivity contribution >= 4 is 28.3 Å². The number of thiophene rings is 1. The van der Waals surface area contributed by atoms with E-state index in [2.05, 4.69) is 4.98 Å². The normalized spacial score (nSPS) is 12.2. The lowest BCUT2D eigenvalue weighted by Crippen LogP contribution is -2.04. The standard InChI is InChI=1S/C12H8F3N3S/c13-12(14,15)7-1-2-10-9(5-7)17-11(16)18(10)8-3-4-19-6-8/h1-6H,(H2,16,17). The highest BCUT2D eigenvalue weighted by Gasteiger charge is 2.31. The van der Waals surface area contributed by atoms with E-state index in [1.54, 1.807) is 4.57 Å². The number of alkyl halides is 3. The predicted molar refractivity (Wildman–Crippen MR) is 68.4 cm³/mol. The van der Waals surface area contributed by atoms with Gasteiger partial charge in [0.05, 0.1) is 22.3 Å². The Kier molecular flexibility index (Phi) is 2.53.